The van der Waals surface area contributed by atoms with Crippen LogP contribution in [0.3, 0.4) is 0 Å². The van der Waals surface area contributed by atoms with Crippen LogP contribution in [0.4, 0.5) is 11.4 Å². The van der Waals surface area contributed by atoms with Gasteiger partial charge in [-0.15, -0.1) is 11.8 Å². The first-order valence-electron chi connectivity index (χ1n) is 6.43. The van der Waals surface area contributed by atoms with Gasteiger partial charge < -0.3 is 10.1 Å². The predicted octanol–water partition coefficient (Wildman–Crippen LogP) is 4.23. The van der Waals surface area contributed by atoms with Gasteiger partial charge in [-0.1, -0.05) is 11.6 Å². The SMILES string of the molecule is COc1ccc(Cl)cc1NC(=O)c1ccc(SC)c([N+](=O)[O-])c1. The Bertz CT molecular complexity index is 767. The van der Waals surface area contributed by atoms with E-state index in [-0.39, 0.29) is 11.3 Å². The molecule has 0 aromatic heterocycles. The highest BCUT2D eigenvalue weighted by molar-refractivity contribution is 7.98. The Balaban J connectivity index is 2.33. The molecule has 2 aromatic carbocycles. The highest BCUT2D eigenvalue weighted by Crippen LogP contribution is 2.30. The minimum atomic E-state index is -0.511. The molecule has 8 heteroatoms. The van der Waals surface area contributed by atoms with Gasteiger partial charge in [0.2, 0.25) is 0 Å². The summed E-state index contributed by atoms with van der Waals surface area (Å²) in [6, 6.07) is 9.13. The molecule has 1 N–H and O–H groups in total. The van der Waals surface area contributed by atoms with Gasteiger partial charge in [-0.25, -0.2) is 0 Å². The van der Waals surface area contributed by atoms with Crippen LogP contribution in [-0.2, 0) is 0 Å². The molecule has 0 saturated heterocycles. The van der Waals surface area contributed by atoms with Crippen molar-refractivity contribution >= 4 is 40.6 Å². The van der Waals surface area contributed by atoms with E-state index in [0.29, 0.717) is 21.4 Å². The summed E-state index contributed by atoms with van der Waals surface area (Å²) in [4.78, 5) is 23.4. The number of hydrogen-bond acceptors (Lipinski definition) is 5. The van der Waals surface area contributed by atoms with Crippen LogP contribution in [0.25, 0.3) is 0 Å². The predicted molar refractivity (Wildman–Crippen MR) is 90.8 cm³/mol. The quantitative estimate of drug-likeness (QED) is 0.494. The van der Waals surface area contributed by atoms with Gasteiger partial charge in [-0.05, 0) is 36.6 Å². The van der Waals surface area contributed by atoms with Crippen LogP contribution in [0.2, 0.25) is 5.02 Å². The first-order chi connectivity index (χ1) is 11.0. The molecule has 0 aliphatic heterocycles. The van der Waals surface area contributed by atoms with Gasteiger partial charge in [0.05, 0.1) is 22.6 Å². The molecule has 0 aliphatic rings. The lowest BCUT2D eigenvalue weighted by Gasteiger charge is -2.11. The minimum Gasteiger partial charge on any atom is -0.495 e. The third-order valence-corrected chi connectivity index (χ3v) is 4.07. The maximum Gasteiger partial charge on any atom is 0.283 e. The van der Waals surface area contributed by atoms with E-state index in [4.69, 9.17) is 16.3 Å². The molecular weight excluding hydrogens is 340 g/mol. The fourth-order valence-corrected chi connectivity index (χ4v) is 2.67. The number of ether oxygens (including phenoxy) is 1. The minimum absolute atomic E-state index is 0.108. The Kier molecular flexibility index (Phi) is 5.46. The van der Waals surface area contributed by atoms with Crippen molar-refractivity contribution in [3.8, 4) is 5.75 Å². The molecule has 0 heterocycles. The van der Waals surface area contributed by atoms with Crippen molar-refractivity contribution in [1.29, 1.82) is 0 Å². The van der Waals surface area contributed by atoms with E-state index in [9.17, 15) is 14.9 Å². The molecule has 1 amide bonds. The van der Waals surface area contributed by atoms with Crippen LogP contribution >= 0.6 is 23.4 Å². The number of nitro groups is 1. The summed E-state index contributed by atoms with van der Waals surface area (Å²) in [5, 5.41) is 14.2. The van der Waals surface area contributed by atoms with Gasteiger partial charge in [-0.2, -0.15) is 0 Å². The maximum atomic E-state index is 12.3. The third-order valence-electron chi connectivity index (χ3n) is 3.05. The Morgan fingerprint density at radius 1 is 1.30 bits per heavy atom. The number of thioether (sulfide) groups is 1. The molecule has 0 atom stereocenters. The van der Waals surface area contributed by atoms with E-state index in [1.165, 1.54) is 31.0 Å². The van der Waals surface area contributed by atoms with Crippen LogP contribution in [0.1, 0.15) is 10.4 Å². The summed E-state index contributed by atoms with van der Waals surface area (Å²) in [6.45, 7) is 0. The van der Waals surface area contributed by atoms with Crippen LogP contribution in [-0.4, -0.2) is 24.2 Å². The van der Waals surface area contributed by atoms with Crippen molar-refractivity contribution in [2.45, 2.75) is 4.90 Å². The van der Waals surface area contributed by atoms with Gasteiger partial charge in [0.1, 0.15) is 5.75 Å². The standard InChI is InChI=1S/C15H13ClN2O4S/c1-22-13-5-4-10(16)8-11(13)17-15(19)9-3-6-14(23-2)12(7-9)18(20)21/h3-8H,1-2H3,(H,17,19). The number of nitrogens with zero attached hydrogens (tertiary/aromatic N) is 1. The van der Waals surface area contributed by atoms with E-state index in [0.717, 1.165) is 0 Å². The van der Waals surface area contributed by atoms with E-state index in [1.807, 2.05) is 0 Å². The van der Waals surface area contributed by atoms with Crippen molar-refractivity contribution in [2.75, 3.05) is 18.7 Å². The number of rotatable bonds is 5. The molecule has 0 aliphatic carbocycles. The molecule has 0 unspecified atom stereocenters. The van der Waals surface area contributed by atoms with Gasteiger partial charge in [0.25, 0.3) is 11.6 Å². The summed E-state index contributed by atoms with van der Waals surface area (Å²) in [5.74, 6) is -0.0423. The Labute approximate surface area is 141 Å². The van der Waals surface area contributed by atoms with E-state index >= 15 is 0 Å². The van der Waals surface area contributed by atoms with Gasteiger partial charge in [0.15, 0.2) is 0 Å². The topological polar surface area (TPSA) is 81.5 Å². The molecule has 23 heavy (non-hydrogen) atoms. The molecule has 0 bridgehead atoms. The lowest BCUT2D eigenvalue weighted by atomic mass is 10.2. The lowest BCUT2D eigenvalue weighted by molar-refractivity contribution is -0.387. The second-order valence-corrected chi connectivity index (χ2v) is 5.73. The average Bonchev–Trinajstić information content (AvgIpc) is 2.54. The molecule has 2 rings (SSSR count). The number of benzene rings is 2. The Morgan fingerprint density at radius 2 is 2.04 bits per heavy atom. The smallest absolute Gasteiger partial charge is 0.283 e. The Morgan fingerprint density at radius 3 is 2.65 bits per heavy atom. The molecule has 2 aromatic rings. The number of amides is 1. The van der Waals surface area contributed by atoms with Crippen LogP contribution < -0.4 is 10.1 Å². The summed E-state index contributed by atoms with van der Waals surface area (Å²) >= 11 is 7.16. The fraction of sp³-hybridized carbons (Fsp3) is 0.133. The monoisotopic (exact) mass is 352 g/mol. The van der Waals surface area contributed by atoms with Crippen LogP contribution in [0.15, 0.2) is 41.3 Å². The number of carbonyl (C=O) groups excluding carboxylic acids is 1. The number of hydrogen-bond donors (Lipinski definition) is 1. The molecule has 120 valence electrons. The van der Waals surface area contributed by atoms with Gasteiger partial charge >= 0.3 is 0 Å². The first kappa shape index (κ1) is 17.1. The number of nitrogens with one attached hydrogen (secondary N) is 1. The molecule has 6 nitrogen and oxygen atoms in total. The molecule has 0 saturated carbocycles. The maximum absolute atomic E-state index is 12.3. The third kappa shape index (κ3) is 3.94. The number of carbonyl (C=O) groups is 1. The van der Waals surface area contributed by atoms with Crippen molar-refractivity contribution in [3.63, 3.8) is 0 Å². The number of anilines is 1. The molecule has 0 fully saturated rings. The van der Waals surface area contributed by atoms with Gasteiger partial charge in [0, 0.05) is 16.7 Å². The summed E-state index contributed by atoms with van der Waals surface area (Å²) < 4.78 is 5.15. The van der Waals surface area contributed by atoms with Crippen LogP contribution in [0, 0.1) is 10.1 Å². The highest BCUT2D eigenvalue weighted by Gasteiger charge is 2.18. The molecular formula is C15H13ClN2O4S. The van der Waals surface area contributed by atoms with Crippen molar-refractivity contribution in [3.05, 3.63) is 57.1 Å². The molecule has 0 radical (unpaired) electrons. The van der Waals surface area contributed by atoms with Crippen molar-refractivity contribution < 1.29 is 14.5 Å². The lowest BCUT2D eigenvalue weighted by Crippen LogP contribution is -2.13. The van der Waals surface area contributed by atoms with Crippen molar-refractivity contribution in [1.82, 2.24) is 0 Å². The van der Waals surface area contributed by atoms with E-state index in [1.54, 1.807) is 30.5 Å². The second-order valence-electron chi connectivity index (χ2n) is 4.44. The molecule has 0 spiro atoms. The number of nitro benzene ring substituents is 1. The van der Waals surface area contributed by atoms with E-state index in [2.05, 4.69) is 5.32 Å². The summed E-state index contributed by atoms with van der Waals surface area (Å²) in [7, 11) is 1.47. The normalized spacial score (nSPS) is 10.2. The second kappa shape index (κ2) is 7.34. The Hall–Kier alpha value is -2.25. The van der Waals surface area contributed by atoms with Crippen LogP contribution in [0.5, 0.6) is 5.75 Å². The zero-order chi connectivity index (χ0) is 17.0. The number of halogens is 1. The first-order valence-corrected chi connectivity index (χ1v) is 8.04. The fourth-order valence-electron chi connectivity index (χ4n) is 1.95. The summed E-state index contributed by atoms with van der Waals surface area (Å²) in [6.07, 6.45) is 1.74. The zero-order valence-electron chi connectivity index (χ0n) is 12.3. The zero-order valence-corrected chi connectivity index (χ0v) is 13.9. The average molecular weight is 353 g/mol. The van der Waals surface area contributed by atoms with E-state index < -0.39 is 10.8 Å². The summed E-state index contributed by atoms with van der Waals surface area (Å²) in [5.41, 5.74) is 0.460. The number of methoxy groups -OCH3 is 1. The highest BCUT2D eigenvalue weighted by atomic mass is 35.5. The van der Waals surface area contributed by atoms with Crippen molar-refractivity contribution in [2.24, 2.45) is 0 Å². The largest absolute Gasteiger partial charge is 0.495 e. The van der Waals surface area contributed by atoms with Gasteiger partial charge in [-0.3, -0.25) is 14.9 Å².